The summed E-state index contributed by atoms with van der Waals surface area (Å²) in [6, 6.07) is 4.34. The van der Waals surface area contributed by atoms with Crippen molar-refractivity contribution in [1.29, 1.82) is 0 Å². The summed E-state index contributed by atoms with van der Waals surface area (Å²) in [6.07, 6.45) is 1.84. The molecule has 0 heterocycles. The monoisotopic (exact) mass is 324 g/mol. The first-order valence-electron chi connectivity index (χ1n) is 7.29. The summed E-state index contributed by atoms with van der Waals surface area (Å²) in [6.45, 7) is 1.67. The molecular formula is C16H21FN2O2S. The van der Waals surface area contributed by atoms with Crippen molar-refractivity contribution in [2.45, 2.75) is 31.1 Å². The molecule has 2 atom stereocenters. The van der Waals surface area contributed by atoms with Crippen LogP contribution in [0.25, 0.3) is 0 Å². The zero-order valence-electron chi connectivity index (χ0n) is 13.1. The van der Waals surface area contributed by atoms with Crippen molar-refractivity contribution in [3.63, 3.8) is 0 Å². The van der Waals surface area contributed by atoms with Crippen LogP contribution in [0.1, 0.15) is 29.7 Å². The number of hydrogen-bond acceptors (Lipinski definition) is 3. The van der Waals surface area contributed by atoms with Crippen LogP contribution in [0.3, 0.4) is 0 Å². The van der Waals surface area contributed by atoms with Gasteiger partial charge in [0, 0.05) is 19.3 Å². The van der Waals surface area contributed by atoms with E-state index in [0.29, 0.717) is 0 Å². The van der Waals surface area contributed by atoms with Crippen LogP contribution < -0.4 is 5.32 Å². The SMILES string of the molecule is C[C@H](NC(=O)CS[C@@H]1CCc2ccc(F)cc21)C(=O)N(C)C. The number of nitrogens with one attached hydrogen (secondary N) is 1. The van der Waals surface area contributed by atoms with E-state index < -0.39 is 6.04 Å². The summed E-state index contributed by atoms with van der Waals surface area (Å²) in [5, 5.41) is 2.84. The Morgan fingerprint density at radius 2 is 2.18 bits per heavy atom. The number of amides is 2. The summed E-state index contributed by atoms with van der Waals surface area (Å²) in [5.41, 5.74) is 2.16. The lowest BCUT2D eigenvalue weighted by molar-refractivity contribution is -0.133. The standard InChI is InChI=1S/C16H21FN2O2S/c1-10(16(21)19(2)3)18-15(20)9-22-14-7-5-11-4-6-12(17)8-13(11)14/h4,6,8,10,14H,5,7,9H2,1-3H3,(H,18,20)/t10-,14+/m0/s1. The molecule has 0 bridgehead atoms. The topological polar surface area (TPSA) is 49.4 Å². The molecule has 0 spiro atoms. The fourth-order valence-electron chi connectivity index (χ4n) is 2.62. The average molecular weight is 324 g/mol. The van der Waals surface area contributed by atoms with Crippen LogP contribution >= 0.6 is 11.8 Å². The third kappa shape index (κ3) is 4.00. The molecule has 0 aromatic heterocycles. The lowest BCUT2D eigenvalue weighted by Gasteiger charge is -2.18. The second-order valence-corrected chi connectivity index (χ2v) is 6.89. The van der Waals surface area contributed by atoms with Gasteiger partial charge in [-0.05, 0) is 43.0 Å². The van der Waals surface area contributed by atoms with Crippen molar-refractivity contribution in [3.8, 4) is 0 Å². The fourth-order valence-corrected chi connectivity index (χ4v) is 3.74. The molecule has 6 heteroatoms. The van der Waals surface area contributed by atoms with Crippen LogP contribution in [0, 0.1) is 5.82 Å². The van der Waals surface area contributed by atoms with E-state index in [0.717, 1.165) is 24.0 Å². The van der Waals surface area contributed by atoms with Gasteiger partial charge in [0.25, 0.3) is 0 Å². The van der Waals surface area contributed by atoms with Gasteiger partial charge >= 0.3 is 0 Å². The third-order valence-corrected chi connectivity index (χ3v) is 5.06. The Labute approximate surface area is 134 Å². The number of thioether (sulfide) groups is 1. The van der Waals surface area contributed by atoms with Crippen LogP contribution in [0.15, 0.2) is 18.2 Å². The average Bonchev–Trinajstić information content (AvgIpc) is 2.86. The van der Waals surface area contributed by atoms with Crippen molar-refractivity contribution in [2.24, 2.45) is 0 Å². The molecule has 0 unspecified atom stereocenters. The molecule has 1 aromatic rings. The second kappa shape index (κ2) is 7.13. The number of carbonyl (C=O) groups excluding carboxylic acids is 2. The highest BCUT2D eigenvalue weighted by Crippen LogP contribution is 2.41. The Hall–Kier alpha value is -1.56. The zero-order chi connectivity index (χ0) is 16.3. The van der Waals surface area contributed by atoms with Gasteiger partial charge in [-0.15, -0.1) is 11.8 Å². The number of carbonyl (C=O) groups is 2. The maximum atomic E-state index is 13.3. The Morgan fingerprint density at radius 1 is 1.45 bits per heavy atom. The molecule has 1 aliphatic rings. The van der Waals surface area contributed by atoms with Gasteiger partial charge in [-0.25, -0.2) is 4.39 Å². The maximum absolute atomic E-state index is 13.3. The number of fused-ring (bicyclic) bond motifs is 1. The van der Waals surface area contributed by atoms with E-state index in [1.54, 1.807) is 27.1 Å². The smallest absolute Gasteiger partial charge is 0.244 e. The molecule has 0 aliphatic heterocycles. The molecule has 2 amide bonds. The number of benzene rings is 1. The minimum absolute atomic E-state index is 0.133. The molecule has 2 rings (SSSR count). The Bertz CT molecular complexity index is 577. The third-order valence-electron chi connectivity index (χ3n) is 3.73. The van der Waals surface area contributed by atoms with E-state index >= 15 is 0 Å². The summed E-state index contributed by atoms with van der Waals surface area (Å²) in [5.74, 6) is -0.267. The minimum atomic E-state index is -0.531. The zero-order valence-corrected chi connectivity index (χ0v) is 13.9. The molecule has 1 aromatic carbocycles. The van der Waals surface area contributed by atoms with Gasteiger partial charge in [0.15, 0.2) is 0 Å². The van der Waals surface area contributed by atoms with E-state index in [2.05, 4.69) is 5.32 Å². The summed E-state index contributed by atoms with van der Waals surface area (Å²) < 4.78 is 13.3. The molecule has 4 nitrogen and oxygen atoms in total. The first kappa shape index (κ1) is 16.8. The highest BCUT2D eigenvalue weighted by atomic mass is 32.2. The quantitative estimate of drug-likeness (QED) is 0.903. The maximum Gasteiger partial charge on any atom is 0.244 e. The molecule has 0 radical (unpaired) electrons. The van der Waals surface area contributed by atoms with Crippen LogP contribution in [0.4, 0.5) is 4.39 Å². The van der Waals surface area contributed by atoms with Crippen molar-refractivity contribution in [3.05, 3.63) is 35.1 Å². The van der Waals surface area contributed by atoms with Gasteiger partial charge in [0.05, 0.1) is 5.75 Å². The van der Waals surface area contributed by atoms with Crippen molar-refractivity contribution < 1.29 is 14.0 Å². The van der Waals surface area contributed by atoms with Gasteiger partial charge in [0.1, 0.15) is 11.9 Å². The van der Waals surface area contributed by atoms with Gasteiger partial charge < -0.3 is 10.2 Å². The molecule has 0 saturated carbocycles. The van der Waals surface area contributed by atoms with Crippen LogP contribution in [-0.4, -0.2) is 42.6 Å². The number of nitrogens with zero attached hydrogens (tertiary/aromatic N) is 1. The first-order chi connectivity index (χ1) is 10.4. The molecule has 1 aliphatic carbocycles. The van der Waals surface area contributed by atoms with Gasteiger partial charge in [0.2, 0.25) is 11.8 Å². The molecule has 22 heavy (non-hydrogen) atoms. The highest BCUT2D eigenvalue weighted by molar-refractivity contribution is 8.00. The van der Waals surface area contributed by atoms with Gasteiger partial charge in [-0.3, -0.25) is 9.59 Å². The predicted molar refractivity (Wildman–Crippen MR) is 86.2 cm³/mol. The van der Waals surface area contributed by atoms with Crippen molar-refractivity contribution >= 4 is 23.6 Å². The minimum Gasteiger partial charge on any atom is -0.347 e. The lowest BCUT2D eigenvalue weighted by atomic mass is 10.1. The molecule has 1 N–H and O–H groups in total. The summed E-state index contributed by atoms with van der Waals surface area (Å²) in [7, 11) is 3.31. The Balaban J connectivity index is 1.86. The van der Waals surface area contributed by atoms with Crippen LogP contribution in [0.2, 0.25) is 0 Å². The Kier molecular flexibility index (Phi) is 5.45. The number of halogens is 1. The largest absolute Gasteiger partial charge is 0.347 e. The number of hydrogen-bond donors (Lipinski definition) is 1. The normalized spacial score (nSPS) is 17.7. The molecular weight excluding hydrogens is 303 g/mol. The molecule has 0 saturated heterocycles. The van der Waals surface area contributed by atoms with E-state index in [1.165, 1.54) is 22.7 Å². The van der Waals surface area contributed by atoms with Crippen molar-refractivity contribution in [2.75, 3.05) is 19.8 Å². The van der Waals surface area contributed by atoms with Gasteiger partial charge in [-0.1, -0.05) is 6.07 Å². The van der Waals surface area contributed by atoms with Crippen LogP contribution in [-0.2, 0) is 16.0 Å². The van der Waals surface area contributed by atoms with Gasteiger partial charge in [-0.2, -0.15) is 0 Å². The number of aryl methyl sites for hydroxylation is 1. The number of likely N-dealkylation sites (N-methyl/N-ethyl adjacent to an activating group) is 1. The highest BCUT2D eigenvalue weighted by Gasteiger charge is 2.25. The van der Waals surface area contributed by atoms with Crippen molar-refractivity contribution in [1.82, 2.24) is 10.2 Å². The fraction of sp³-hybridized carbons (Fsp3) is 0.500. The second-order valence-electron chi connectivity index (χ2n) is 5.70. The van der Waals surface area contributed by atoms with E-state index in [9.17, 15) is 14.0 Å². The predicted octanol–water partition coefficient (Wildman–Crippen LogP) is 2.14. The summed E-state index contributed by atoms with van der Waals surface area (Å²) >= 11 is 1.50. The van der Waals surface area contributed by atoms with Crippen LogP contribution in [0.5, 0.6) is 0 Å². The van der Waals surface area contributed by atoms with E-state index in [-0.39, 0.29) is 28.6 Å². The van der Waals surface area contributed by atoms with E-state index in [4.69, 9.17) is 0 Å². The summed E-state index contributed by atoms with van der Waals surface area (Å²) in [4.78, 5) is 25.1. The lowest BCUT2D eigenvalue weighted by Crippen LogP contribution is -2.44. The number of rotatable bonds is 5. The van der Waals surface area contributed by atoms with E-state index in [1.807, 2.05) is 6.07 Å². The molecule has 120 valence electrons. The first-order valence-corrected chi connectivity index (χ1v) is 8.34. The Morgan fingerprint density at radius 3 is 2.86 bits per heavy atom. The molecule has 0 fully saturated rings.